The molecule has 1 aliphatic rings. The molecule has 0 bridgehead atoms. The van der Waals surface area contributed by atoms with Crippen LogP contribution in [0.3, 0.4) is 0 Å². The van der Waals surface area contributed by atoms with Gasteiger partial charge in [-0.3, -0.25) is 0 Å². The van der Waals surface area contributed by atoms with Crippen molar-refractivity contribution >= 4 is 27.2 Å². The third-order valence-electron chi connectivity index (χ3n) is 2.32. The minimum Gasteiger partial charge on any atom is -0.398 e. The first-order chi connectivity index (χ1) is 6.77. The van der Waals surface area contributed by atoms with Crippen LogP contribution in [0, 0.1) is 0 Å². The maximum atomic E-state index is 5.92. The second-order valence-electron chi connectivity index (χ2n) is 3.37. The molecule has 0 spiro atoms. The minimum absolute atomic E-state index is 0.839. The van der Waals surface area contributed by atoms with Crippen molar-refractivity contribution in [2.24, 2.45) is 0 Å². The molecule has 0 fully saturated rings. The molecule has 0 radical (unpaired) electrons. The van der Waals surface area contributed by atoms with Crippen LogP contribution in [0.1, 0.15) is 18.4 Å². The van der Waals surface area contributed by atoms with E-state index in [9.17, 15) is 0 Å². The lowest BCUT2D eigenvalue weighted by Gasteiger charge is -2.10. The normalized spacial score (nSPS) is 15.4. The molecular weight excluding hydrogens is 238 g/mol. The predicted molar refractivity (Wildman–Crippen MR) is 64.9 cm³/mol. The van der Waals surface area contributed by atoms with Crippen molar-refractivity contribution in [1.82, 2.24) is 0 Å². The fourth-order valence-electron chi connectivity index (χ4n) is 1.59. The molecule has 0 unspecified atom stereocenters. The van der Waals surface area contributed by atoms with E-state index in [1.165, 1.54) is 5.57 Å². The van der Waals surface area contributed by atoms with Gasteiger partial charge in [0.2, 0.25) is 0 Å². The quantitative estimate of drug-likeness (QED) is 0.754. The fraction of sp³-hybridized carbons (Fsp3) is 0.167. The van der Waals surface area contributed by atoms with Gasteiger partial charge >= 0.3 is 0 Å². The van der Waals surface area contributed by atoms with Gasteiger partial charge in [-0.25, -0.2) is 0 Å². The number of hydrogen-bond acceptors (Lipinski definition) is 1. The Labute approximate surface area is 92.4 Å². The second kappa shape index (κ2) is 4.01. The monoisotopic (exact) mass is 249 g/mol. The number of rotatable bonds is 1. The summed E-state index contributed by atoms with van der Waals surface area (Å²) in [4.78, 5) is 0. The molecule has 1 aromatic carbocycles. The third-order valence-corrected chi connectivity index (χ3v) is 2.81. The van der Waals surface area contributed by atoms with Gasteiger partial charge in [-0.05, 0) is 36.6 Å². The number of benzene rings is 1. The Morgan fingerprint density at radius 1 is 1.21 bits per heavy atom. The second-order valence-corrected chi connectivity index (χ2v) is 4.29. The number of anilines is 1. The number of nitrogens with two attached hydrogens (primary N) is 1. The van der Waals surface area contributed by atoms with E-state index in [2.05, 4.69) is 40.2 Å². The van der Waals surface area contributed by atoms with Crippen LogP contribution in [0.4, 0.5) is 5.69 Å². The zero-order valence-corrected chi connectivity index (χ0v) is 9.42. The van der Waals surface area contributed by atoms with E-state index in [-0.39, 0.29) is 0 Å². The molecule has 0 amide bonds. The van der Waals surface area contributed by atoms with Crippen LogP contribution in [0.25, 0.3) is 5.57 Å². The Morgan fingerprint density at radius 2 is 2.07 bits per heavy atom. The first kappa shape index (κ1) is 9.53. The van der Waals surface area contributed by atoms with Crippen LogP contribution < -0.4 is 5.73 Å². The number of nitrogen functional groups attached to an aromatic ring is 1. The lowest BCUT2D eigenvalue weighted by Crippen LogP contribution is -1.94. The van der Waals surface area contributed by atoms with Gasteiger partial charge in [0.25, 0.3) is 0 Å². The molecule has 0 heterocycles. The highest BCUT2D eigenvalue weighted by Crippen LogP contribution is 2.28. The van der Waals surface area contributed by atoms with Crippen molar-refractivity contribution in [2.75, 3.05) is 5.73 Å². The number of halogens is 1. The van der Waals surface area contributed by atoms with E-state index < -0.39 is 0 Å². The third kappa shape index (κ3) is 1.90. The molecule has 0 saturated heterocycles. The smallest absolute Gasteiger partial charge is 0.0394 e. The topological polar surface area (TPSA) is 26.0 Å². The number of hydrogen-bond donors (Lipinski definition) is 1. The van der Waals surface area contributed by atoms with Crippen LogP contribution in [0.5, 0.6) is 0 Å². The van der Waals surface area contributed by atoms with Gasteiger partial charge in [-0.15, -0.1) is 0 Å². The van der Waals surface area contributed by atoms with Gasteiger partial charge in [0, 0.05) is 15.7 Å². The van der Waals surface area contributed by atoms with Crippen molar-refractivity contribution < 1.29 is 0 Å². The van der Waals surface area contributed by atoms with Crippen LogP contribution in [0.2, 0.25) is 0 Å². The molecule has 14 heavy (non-hydrogen) atoms. The van der Waals surface area contributed by atoms with Gasteiger partial charge in [-0.1, -0.05) is 34.2 Å². The molecule has 2 N–H and O–H groups in total. The summed E-state index contributed by atoms with van der Waals surface area (Å²) < 4.78 is 1.07. The highest BCUT2D eigenvalue weighted by molar-refractivity contribution is 9.10. The highest BCUT2D eigenvalue weighted by atomic mass is 79.9. The largest absolute Gasteiger partial charge is 0.398 e. The molecule has 2 rings (SSSR count). The van der Waals surface area contributed by atoms with Gasteiger partial charge in [0.1, 0.15) is 0 Å². The van der Waals surface area contributed by atoms with Crippen LogP contribution in [-0.4, -0.2) is 0 Å². The SMILES string of the molecule is Nc1ccc(Br)cc1C1=CCCC=C1. The highest BCUT2D eigenvalue weighted by Gasteiger charge is 2.05. The molecular formula is C12H12BrN. The summed E-state index contributed by atoms with van der Waals surface area (Å²) in [6.45, 7) is 0. The van der Waals surface area contributed by atoms with Gasteiger partial charge in [-0.2, -0.15) is 0 Å². The number of allylic oxidation sites excluding steroid dienone is 4. The summed E-state index contributed by atoms with van der Waals surface area (Å²) in [5.74, 6) is 0. The van der Waals surface area contributed by atoms with Crippen molar-refractivity contribution in [3.8, 4) is 0 Å². The van der Waals surface area contributed by atoms with E-state index in [4.69, 9.17) is 5.73 Å². The van der Waals surface area contributed by atoms with Gasteiger partial charge in [0.15, 0.2) is 0 Å². The minimum atomic E-state index is 0.839. The molecule has 0 aliphatic heterocycles. The Hall–Kier alpha value is -1.02. The van der Waals surface area contributed by atoms with Crippen molar-refractivity contribution in [3.05, 3.63) is 46.5 Å². The van der Waals surface area contributed by atoms with Crippen LogP contribution >= 0.6 is 15.9 Å². The van der Waals surface area contributed by atoms with E-state index in [0.29, 0.717) is 0 Å². The van der Waals surface area contributed by atoms with Gasteiger partial charge in [0.05, 0.1) is 0 Å². The molecule has 2 heteroatoms. The molecule has 0 atom stereocenters. The maximum Gasteiger partial charge on any atom is 0.0394 e. The Kier molecular flexibility index (Phi) is 2.73. The lowest BCUT2D eigenvalue weighted by atomic mass is 9.98. The van der Waals surface area contributed by atoms with E-state index in [0.717, 1.165) is 28.6 Å². The summed E-state index contributed by atoms with van der Waals surface area (Å²) in [5.41, 5.74) is 9.12. The van der Waals surface area contributed by atoms with E-state index in [1.54, 1.807) is 0 Å². The average Bonchev–Trinajstić information content (AvgIpc) is 2.23. The summed E-state index contributed by atoms with van der Waals surface area (Å²) in [7, 11) is 0. The van der Waals surface area contributed by atoms with E-state index in [1.807, 2.05) is 12.1 Å². The van der Waals surface area contributed by atoms with Crippen molar-refractivity contribution in [2.45, 2.75) is 12.8 Å². The van der Waals surface area contributed by atoms with Crippen molar-refractivity contribution in [1.29, 1.82) is 0 Å². The van der Waals surface area contributed by atoms with Crippen LogP contribution in [0.15, 0.2) is 40.9 Å². The molecule has 1 aliphatic carbocycles. The molecule has 0 aromatic heterocycles. The first-order valence-corrected chi connectivity index (χ1v) is 5.49. The maximum absolute atomic E-state index is 5.92. The van der Waals surface area contributed by atoms with E-state index >= 15 is 0 Å². The molecule has 0 saturated carbocycles. The summed E-state index contributed by atoms with van der Waals surface area (Å²) in [6.07, 6.45) is 8.81. The van der Waals surface area contributed by atoms with Crippen LogP contribution in [-0.2, 0) is 0 Å². The average molecular weight is 250 g/mol. The molecule has 72 valence electrons. The summed E-state index contributed by atoms with van der Waals surface area (Å²) in [5, 5.41) is 0. The first-order valence-electron chi connectivity index (χ1n) is 4.69. The molecule has 1 aromatic rings. The van der Waals surface area contributed by atoms with Gasteiger partial charge < -0.3 is 5.73 Å². The lowest BCUT2D eigenvalue weighted by molar-refractivity contribution is 1.04. The summed E-state index contributed by atoms with van der Waals surface area (Å²) in [6, 6.07) is 5.96. The zero-order chi connectivity index (χ0) is 9.97. The Balaban J connectivity index is 2.44. The predicted octanol–water partition coefficient (Wildman–Crippen LogP) is 3.76. The Morgan fingerprint density at radius 3 is 2.79 bits per heavy atom. The zero-order valence-electron chi connectivity index (χ0n) is 7.83. The fourth-order valence-corrected chi connectivity index (χ4v) is 1.95. The van der Waals surface area contributed by atoms with Crippen molar-refractivity contribution in [3.63, 3.8) is 0 Å². The summed E-state index contributed by atoms with van der Waals surface area (Å²) >= 11 is 3.46. The Bertz CT molecular complexity index is 405. The molecule has 1 nitrogen and oxygen atoms in total. The standard InChI is InChI=1S/C12H12BrN/c13-10-6-7-12(14)11(8-10)9-4-2-1-3-5-9/h2,4-8H,1,3,14H2.